The lowest BCUT2D eigenvalue weighted by molar-refractivity contribution is -0.139. The lowest BCUT2D eigenvalue weighted by Crippen LogP contribution is -2.31. The van der Waals surface area contributed by atoms with Crippen molar-refractivity contribution in [2.24, 2.45) is 0 Å². The number of carbonyl (C=O) groups is 1. The minimum atomic E-state index is -0.552. The molecule has 258 valence electrons. The van der Waals surface area contributed by atoms with Crippen molar-refractivity contribution in [2.75, 3.05) is 0 Å². The number of rotatable bonds is 28. The smallest absolute Gasteiger partial charge is 0.334 e. The number of cyclic esters (lactones) is 1. The molecule has 7 nitrogen and oxygen atoms in total. The van der Waals surface area contributed by atoms with Crippen LogP contribution in [0.1, 0.15) is 174 Å². The van der Waals surface area contributed by atoms with Gasteiger partial charge in [-0.25, -0.2) is 4.79 Å². The normalized spacial score (nSPS) is 23.0. The summed E-state index contributed by atoms with van der Waals surface area (Å²) in [6.07, 6.45) is 25.3. The molecule has 0 aromatic heterocycles. The zero-order chi connectivity index (χ0) is 32.0. The first-order valence-corrected chi connectivity index (χ1v) is 18.6. The fourth-order valence-corrected chi connectivity index (χ4v) is 6.77. The minimum Gasteiger partial charge on any atom is -0.455 e. The molecule has 0 aliphatic carbocycles. The van der Waals surface area contributed by atoms with Crippen LogP contribution in [0, 0.1) is 0 Å². The summed E-state index contributed by atoms with van der Waals surface area (Å²) < 4.78 is 11.1. The fraction of sp³-hybridized carbons (Fsp3) is 0.919. The van der Waals surface area contributed by atoms with Gasteiger partial charge in [-0.05, 0) is 57.9 Å². The van der Waals surface area contributed by atoms with Gasteiger partial charge >= 0.3 is 5.97 Å². The highest BCUT2D eigenvalue weighted by Crippen LogP contribution is 2.28. The Morgan fingerprint density at radius 1 is 0.636 bits per heavy atom. The maximum atomic E-state index is 11.7. The van der Waals surface area contributed by atoms with E-state index in [9.17, 15) is 25.2 Å². The number of unbranched alkanes of at least 4 members (excludes halogenated alkanes) is 14. The molecule has 7 heteroatoms. The minimum absolute atomic E-state index is 0.140. The second-order valence-electron chi connectivity index (χ2n) is 13.8. The molecule has 7 atom stereocenters. The molecule has 44 heavy (non-hydrogen) atoms. The molecule has 0 saturated carbocycles. The third kappa shape index (κ3) is 17.6. The molecule has 2 aliphatic rings. The number of hydrogen-bond donors (Lipinski definition) is 4. The molecule has 0 aromatic rings. The van der Waals surface area contributed by atoms with E-state index in [1.54, 1.807) is 6.08 Å². The maximum absolute atomic E-state index is 11.7. The van der Waals surface area contributed by atoms with Crippen molar-refractivity contribution in [3.8, 4) is 0 Å². The van der Waals surface area contributed by atoms with Crippen molar-refractivity contribution in [3.63, 3.8) is 0 Å². The summed E-state index contributed by atoms with van der Waals surface area (Å²) in [4.78, 5) is 11.7. The van der Waals surface area contributed by atoms with Crippen LogP contribution in [0.4, 0.5) is 0 Å². The molecule has 1 saturated heterocycles. The SMILES string of the molecule is CCCCCCCCCCCCCCC(O)C1CCC(C(O)CCCCCC(O)CCCCC(O)CC2=CC(C)OC2=O)O1. The Balaban J connectivity index is 1.39. The number of carbonyl (C=O) groups excluding carboxylic acids is 1. The predicted molar refractivity (Wildman–Crippen MR) is 177 cm³/mol. The zero-order valence-electron chi connectivity index (χ0n) is 28.3. The van der Waals surface area contributed by atoms with E-state index in [0.717, 1.165) is 70.6 Å². The van der Waals surface area contributed by atoms with Gasteiger partial charge < -0.3 is 29.9 Å². The van der Waals surface area contributed by atoms with E-state index in [-0.39, 0.29) is 30.4 Å². The van der Waals surface area contributed by atoms with Crippen molar-refractivity contribution in [1.29, 1.82) is 0 Å². The summed E-state index contributed by atoms with van der Waals surface area (Å²) in [6, 6.07) is 0. The number of esters is 1. The average Bonchev–Trinajstić information content (AvgIpc) is 3.61. The zero-order valence-corrected chi connectivity index (χ0v) is 28.3. The molecular formula is C37H68O7. The van der Waals surface area contributed by atoms with Crippen LogP contribution in [-0.4, -0.2) is 69.1 Å². The van der Waals surface area contributed by atoms with E-state index in [2.05, 4.69) is 6.92 Å². The van der Waals surface area contributed by atoms with E-state index in [0.29, 0.717) is 24.8 Å². The molecule has 0 spiro atoms. The molecule has 0 bridgehead atoms. The lowest BCUT2D eigenvalue weighted by Gasteiger charge is -2.22. The molecular weight excluding hydrogens is 556 g/mol. The molecule has 0 radical (unpaired) electrons. The fourth-order valence-electron chi connectivity index (χ4n) is 6.77. The van der Waals surface area contributed by atoms with Crippen LogP contribution >= 0.6 is 0 Å². The van der Waals surface area contributed by atoms with E-state index in [4.69, 9.17) is 9.47 Å². The van der Waals surface area contributed by atoms with Crippen molar-refractivity contribution >= 4 is 5.97 Å². The highest BCUT2D eigenvalue weighted by Gasteiger charge is 2.34. The number of aliphatic hydroxyl groups is 4. The Labute approximate surface area is 269 Å². The molecule has 2 rings (SSSR count). The number of hydrogen-bond acceptors (Lipinski definition) is 7. The predicted octanol–water partition coefficient (Wildman–Crippen LogP) is 7.84. The van der Waals surface area contributed by atoms with Gasteiger partial charge in [-0.1, -0.05) is 116 Å². The van der Waals surface area contributed by atoms with Crippen LogP contribution in [0.3, 0.4) is 0 Å². The third-order valence-corrected chi connectivity index (χ3v) is 9.61. The Morgan fingerprint density at radius 2 is 1.05 bits per heavy atom. The monoisotopic (exact) mass is 624 g/mol. The van der Waals surface area contributed by atoms with Gasteiger partial charge in [-0.15, -0.1) is 0 Å². The Kier molecular flexibility index (Phi) is 21.6. The van der Waals surface area contributed by atoms with Gasteiger partial charge in [0, 0.05) is 12.0 Å². The summed E-state index contributed by atoms with van der Waals surface area (Å²) in [5.74, 6) is -0.321. The van der Waals surface area contributed by atoms with E-state index < -0.39 is 18.3 Å². The van der Waals surface area contributed by atoms with Crippen LogP contribution in [0.5, 0.6) is 0 Å². The molecule has 7 unspecified atom stereocenters. The van der Waals surface area contributed by atoms with Crippen LogP contribution in [-0.2, 0) is 14.3 Å². The first-order valence-electron chi connectivity index (χ1n) is 18.6. The Morgan fingerprint density at radius 3 is 1.52 bits per heavy atom. The van der Waals surface area contributed by atoms with Gasteiger partial charge in [0.15, 0.2) is 0 Å². The first kappa shape index (κ1) is 39.2. The van der Waals surface area contributed by atoms with Crippen LogP contribution in [0.25, 0.3) is 0 Å². The van der Waals surface area contributed by atoms with Crippen LogP contribution in [0.2, 0.25) is 0 Å². The van der Waals surface area contributed by atoms with Gasteiger partial charge in [0.05, 0.1) is 36.6 Å². The van der Waals surface area contributed by atoms with Crippen LogP contribution < -0.4 is 0 Å². The van der Waals surface area contributed by atoms with Gasteiger partial charge in [0.25, 0.3) is 0 Å². The standard InChI is InChI=1S/C37H68O7/c1-3-4-5-6-7-8-9-10-11-12-13-16-23-33(40)35-25-26-36(44-35)34(41)24-17-14-15-20-31(38)21-18-19-22-32(39)28-30-27-29(2)43-37(30)42/h27,29,31-36,38-41H,3-26,28H2,1-2H3. The average molecular weight is 625 g/mol. The summed E-state index contributed by atoms with van der Waals surface area (Å²) in [6.45, 7) is 4.08. The van der Waals surface area contributed by atoms with E-state index >= 15 is 0 Å². The van der Waals surface area contributed by atoms with Crippen molar-refractivity contribution in [2.45, 2.75) is 217 Å². The molecule has 0 amide bonds. The van der Waals surface area contributed by atoms with Gasteiger partial charge in [0.1, 0.15) is 6.10 Å². The molecule has 0 aromatic carbocycles. The molecule has 4 N–H and O–H groups in total. The summed E-state index contributed by atoms with van der Waals surface area (Å²) in [5.41, 5.74) is 0.567. The summed E-state index contributed by atoms with van der Waals surface area (Å²) in [7, 11) is 0. The van der Waals surface area contributed by atoms with Crippen molar-refractivity contribution in [3.05, 3.63) is 11.6 Å². The first-order chi connectivity index (χ1) is 21.3. The van der Waals surface area contributed by atoms with Gasteiger partial charge in [-0.3, -0.25) is 0 Å². The molecule has 2 aliphatic heterocycles. The number of ether oxygens (including phenoxy) is 2. The summed E-state index contributed by atoms with van der Waals surface area (Å²) in [5, 5.41) is 41.8. The molecule has 1 fully saturated rings. The maximum Gasteiger partial charge on any atom is 0.334 e. The van der Waals surface area contributed by atoms with E-state index in [1.165, 1.54) is 70.6 Å². The van der Waals surface area contributed by atoms with Crippen molar-refractivity contribution < 1.29 is 34.7 Å². The topological polar surface area (TPSA) is 116 Å². The highest BCUT2D eigenvalue weighted by atomic mass is 16.5. The Hall–Kier alpha value is -0.990. The lowest BCUT2D eigenvalue weighted by atomic mass is 9.99. The van der Waals surface area contributed by atoms with Gasteiger partial charge in [-0.2, -0.15) is 0 Å². The van der Waals surface area contributed by atoms with Gasteiger partial charge in [0.2, 0.25) is 0 Å². The second-order valence-corrected chi connectivity index (χ2v) is 13.8. The second kappa shape index (κ2) is 24.2. The molecule has 2 heterocycles. The Bertz CT molecular complexity index is 756. The third-order valence-electron chi connectivity index (χ3n) is 9.61. The highest BCUT2D eigenvalue weighted by molar-refractivity contribution is 5.90. The number of aliphatic hydroxyl groups excluding tert-OH is 4. The van der Waals surface area contributed by atoms with E-state index in [1.807, 2.05) is 6.92 Å². The van der Waals surface area contributed by atoms with Crippen molar-refractivity contribution in [1.82, 2.24) is 0 Å². The summed E-state index contributed by atoms with van der Waals surface area (Å²) >= 11 is 0. The quantitative estimate of drug-likeness (QED) is 0.0518. The van der Waals surface area contributed by atoms with Crippen LogP contribution in [0.15, 0.2) is 11.6 Å². The largest absolute Gasteiger partial charge is 0.455 e.